The van der Waals surface area contributed by atoms with Crippen molar-refractivity contribution in [2.75, 3.05) is 23.9 Å². The lowest BCUT2D eigenvalue weighted by Gasteiger charge is -2.04. The van der Waals surface area contributed by atoms with Crippen molar-refractivity contribution in [3.8, 4) is 0 Å². The lowest BCUT2D eigenvalue weighted by Crippen LogP contribution is -2.12. The number of rotatable bonds is 4. The fraction of sp³-hybridized carbons (Fsp3) is 0.429. The van der Waals surface area contributed by atoms with Crippen molar-refractivity contribution in [2.24, 2.45) is 0 Å². The summed E-state index contributed by atoms with van der Waals surface area (Å²) >= 11 is 5.47. The van der Waals surface area contributed by atoms with Crippen LogP contribution in [0, 0.1) is 5.82 Å². The van der Waals surface area contributed by atoms with Crippen LogP contribution < -0.4 is 5.32 Å². The number of nitrogens with one attached hydrogen (secondary N) is 1. The van der Waals surface area contributed by atoms with Crippen LogP contribution in [0.5, 0.6) is 0 Å². The molecule has 1 unspecified atom stereocenters. The molecule has 0 saturated carbocycles. The molecule has 1 aromatic heterocycles. The first kappa shape index (κ1) is 11.3. The Kier molecular flexibility index (Phi) is 4.21. The summed E-state index contributed by atoms with van der Waals surface area (Å²) in [6.07, 6.45) is 2.56. The summed E-state index contributed by atoms with van der Waals surface area (Å²) in [5, 5.41) is 2.66. The minimum atomic E-state index is -0.913. The molecule has 1 aromatic rings. The summed E-state index contributed by atoms with van der Waals surface area (Å²) in [6, 6.07) is 0. The Morgan fingerprint density at radius 1 is 1.71 bits per heavy atom. The van der Waals surface area contributed by atoms with Gasteiger partial charge in [-0.2, -0.15) is 4.98 Å². The first-order chi connectivity index (χ1) is 6.59. The van der Waals surface area contributed by atoms with E-state index in [4.69, 9.17) is 11.6 Å². The Labute approximate surface area is 88.4 Å². The molecule has 0 aromatic carbocycles. The molecule has 4 nitrogen and oxygen atoms in total. The maximum Gasteiger partial charge on any atom is 0.224 e. The molecule has 0 fully saturated rings. The number of hydrogen-bond donors (Lipinski definition) is 1. The van der Waals surface area contributed by atoms with Crippen LogP contribution in [0.1, 0.15) is 0 Å². The molecule has 1 rings (SSSR count). The van der Waals surface area contributed by atoms with Gasteiger partial charge < -0.3 is 5.32 Å². The van der Waals surface area contributed by atoms with Gasteiger partial charge in [-0.15, -0.1) is 0 Å². The number of anilines is 1. The topological polar surface area (TPSA) is 54.9 Å². The highest BCUT2D eigenvalue weighted by Crippen LogP contribution is 2.11. The summed E-state index contributed by atoms with van der Waals surface area (Å²) in [5.74, 6) is -0.104. The van der Waals surface area contributed by atoms with Gasteiger partial charge in [0.15, 0.2) is 11.6 Å². The van der Waals surface area contributed by atoms with Gasteiger partial charge in [0.1, 0.15) is 0 Å². The minimum Gasteiger partial charge on any atom is -0.367 e. The normalized spacial score (nSPS) is 12.5. The van der Waals surface area contributed by atoms with Gasteiger partial charge in [0.25, 0.3) is 0 Å². The molecule has 7 heteroatoms. The second-order valence-electron chi connectivity index (χ2n) is 2.54. The summed E-state index contributed by atoms with van der Waals surface area (Å²) in [5.41, 5.74) is 0. The maximum atomic E-state index is 13.0. The van der Waals surface area contributed by atoms with Gasteiger partial charge in [0, 0.05) is 29.4 Å². The van der Waals surface area contributed by atoms with E-state index in [-0.39, 0.29) is 11.1 Å². The van der Waals surface area contributed by atoms with Gasteiger partial charge in [0.05, 0.1) is 6.20 Å². The van der Waals surface area contributed by atoms with Crippen molar-refractivity contribution >= 4 is 28.2 Å². The van der Waals surface area contributed by atoms with Crippen molar-refractivity contribution < 1.29 is 8.60 Å². The van der Waals surface area contributed by atoms with E-state index >= 15 is 0 Å². The Morgan fingerprint density at radius 2 is 2.43 bits per heavy atom. The molecule has 1 atom stereocenters. The largest absolute Gasteiger partial charge is 0.367 e. The Hall–Kier alpha value is -0.750. The van der Waals surface area contributed by atoms with Crippen molar-refractivity contribution in [2.45, 2.75) is 0 Å². The summed E-state index contributed by atoms with van der Waals surface area (Å²) in [6.45, 7) is 0.382. The second kappa shape index (κ2) is 5.21. The third-order valence-electron chi connectivity index (χ3n) is 1.40. The highest BCUT2D eigenvalue weighted by molar-refractivity contribution is 7.84. The number of nitrogens with zero attached hydrogens (tertiary/aromatic N) is 2. The molecule has 0 aliphatic carbocycles. The third kappa shape index (κ3) is 3.55. The van der Waals surface area contributed by atoms with E-state index in [1.807, 2.05) is 0 Å². The molecular formula is C7H9ClFN3OS. The Morgan fingerprint density at radius 3 is 3.07 bits per heavy atom. The molecule has 1 heterocycles. The molecule has 0 amide bonds. The van der Waals surface area contributed by atoms with Gasteiger partial charge in [-0.3, -0.25) is 4.21 Å². The smallest absolute Gasteiger partial charge is 0.224 e. The predicted octanol–water partition coefficient (Wildman–Crippen LogP) is 1.06. The Bertz CT molecular complexity index is 350. The predicted molar refractivity (Wildman–Crippen MR) is 54.4 cm³/mol. The summed E-state index contributed by atoms with van der Waals surface area (Å²) < 4.78 is 23.7. The van der Waals surface area contributed by atoms with E-state index in [1.165, 1.54) is 0 Å². The van der Waals surface area contributed by atoms with Gasteiger partial charge in [-0.25, -0.2) is 9.37 Å². The van der Waals surface area contributed by atoms with Crippen LogP contribution >= 0.6 is 11.6 Å². The molecule has 0 aliphatic rings. The van der Waals surface area contributed by atoms with Crippen molar-refractivity contribution in [3.05, 3.63) is 17.3 Å². The average molecular weight is 238 g/mol. The van der Waals surface area contributed by atoms with E-state index in [0.29, 0.717) is 12.3 Å². The van der Waals surface area contributed by atoms with Gasteiger partial charge in [-0.05, 0) is 11.6 Å². The molecule has 0 spiro atoms. The first-order valence-corrected chi connectivity index (χ1v) is 5.92. The van der Waals surface area contributed by atoms with E-state index in [1.54, 1.807) is 6.26 Å². The van der Waals surface area contributed by atoms with Gasteiger partial charge in [-0.1, -0.05) is 0 Å². The fourth-order valence-electron chi connectivity index (χ4n) is 0.783. The molecule has 14 heavy (non-hydrogen) atoms. The molecule has 0 bridgehead atoms. The SMILES string of the molecule is CS(=O)CCNc1nc(Cl)ncc1F. The summed E-state index contributed by atoms with van der Waals surface area (Å²) in [4.78, 5) is 7.10. The third-order valence-corrected chi connectivity index (χ3v) is 2.36. The van der Waals surface area contributed by atoms with E-state index in [9.17, 15) is 8.60 Å². The van der Waals surface area contributed by atoms with Crippen molar-refractivity contribution in [1.82, 2.24) is 9.97 Å². The lowest BCUT2D eigenvalue weighted by molar-refractivity contribution is 0.617. The zero-order valence-electron chi connectivity index (χ0n) is 7.46. The van der Waals surface area contributed by atoms with Crippen LogP contribution in [0.2, 0.25) is 5.28 Å². The van der Waals surface area contributed by atoms with Crippen LogP contribution in [-0.2, 0) is 10.8 Å². The van der Waals surface area contributed by atoms with E-state index in [2.05, 4.69) is 15.3 Å². The number of aromatic nitrogens is 2. The highest BCUT2D eigenvalue weighted by Gasteiger charge is 2.04. The maximum absolute atomic E-state index is 13.0. The van der Waals surface area contributed by atoms with Gasteiger partial charge in [0.2, 0.25) is 5.28 Å². The monoisotopic (exact) mass is 237 g/mol. The van der Waals surface area contributed by atoms with Crippen LogP contribution in [-0.4, -0.2) is 32.7 Å². The number of hydrogen-bond acceptors (Lipinski definition) is 4. The first-order valence-electron chi connectivity index (χ1n) is 3.81. The molecule has 78 valence electrons. The average Bonchev–Trinajstić information content (AvgIpc) is 2.10. The lowest BCUT2D eigenvalue weighted by atomic mass is 10.5. The van der Waals surface area contributed by atoms with Crippen molar-refractivity contribution in [3.63, 3.8) is 0 Å². The van der Waals surface area contributed by atoms with Crippen LogP contribution in [0.4, 0.5) is 10.2 Å². The van der Waals surface area contributed by atoms with Crippen LogP contribution in [0.15, 0.2) is 6.20 Å². The highest BCUT2D eigenvalue weighted by atomic mass is 35.5. The van der Waals surface area contributed by atoms with E-state index in [0.717, 1.165) is 6.20 Å². The quantitative estimate of drug-likeness (QED) is 0.796. The fourth-order valence-corrected chi connectivity index (χ4v) is 1.31. The Balaban J connectivity index is 2.57. The van der Waals surface area contributed by atoms with Gasteiger partial charge >= 0.3 is 0 Å². The minimum absolute atomic E-state index is 0.0217. The molecule has 0 aliphatic heterocycles. The molecular weight excluding hydrogens is 229 g/mol. The number of halogens is 2. The second-order valence-corrected chi connectivity index (χ2v) is 4.43. The molecule has 0 saturated heterocycles. The van der Waals surface area contributed by atoms with E-state index < -0.39 is 16.6 Å². The zero-order valence-corrected chi connectivity index (χ0v) is 9.03. The van der Waals surface area contributed by atoms with Crippen LogP contribution in [0.3, 0.4) is 0 Å². The van der Waals surface area contributed by atoms with Crippen molar-refractivity contribution in [1.29, 1.82) is 0 Å². The standard InChI is InChI=1S/C7H9ClFN3OS/c1-14(13)3-2-10-6-5(9)4-11-7(8)12-6/h4H,2-3H2,1H3,(H,10,11,12). The molecule has 0 radical (unpaired) electrons. The summed E-state index contributed by atoms with van der Waals surface area (Å²) in [7, 11) is -0.913. The zero-order chi connectivity index (χ0) is 10.6. The van der Waals surface area contributed by atoms with Crippen LogP contribution in [0.25, 0.3) is 0 Å². The molecule has 1 N–H and O–H groups in total.